The zero-order chi connectivity index (χ0) is 19.8. The molecule has 0 saturated carbocycles. The number of thiophene rings is 1. The number of piperidine rings is 1. The predicted molar refractivity (Wildman–Crippen MR) is 115 cm³/mol. The standard InChI is InChI=1S/C23H25N3O2S/c1-15-8-10-26(11-9-15)13-20-24-22(28-17-5-2-4-16(12-17)14-27)21-18-6-3-7-19(18)29-23(21)25-20/h2,4-5,12,14-15H,3,6-11,13H2,1H3. The van der Waals surface area contributed by atoms with E-state index in [-0.39, 0.29) is 0 Å². The summed E-state index contributed by atoms with van der Waals surface area (Å²) in [7, 11) is 0. The number of carbonyl (C=O) groups is 1. The first-order chi connectivity index (χ1) is 14.2. The summed E-state index contributed by atoms with van der Waals surface area (Å²) in [6.07, 6.45) is 6.68. The van der Waals surface area contributed by atoms with E-state index in [1.807, 2.05) is 12.1 Å². The van der Waals surface area contributed by atoms with Crippen LogP contribution in [-0.2, 0) is 19.4 Å². The number of hydrogen-bond acceptors (Lipinski definition) is 6. The third kappa shape index (κ3) is 3.79. The van der Waals surface area contributed by atoms with E-state index < -0.39 is 0 Å². The first kappa shape index (κ1) is 18.7. The average Bonchev–Trinajstić information content (AvgIpc) is 3.31. The molecule has 150 valence electrons. The van der Waals surface area contributed by atoms with Gasteiger partial charge in [-0.2, -0.15) is 4.98 Å². The third-order valence-corrected chi connectivity index (χ3v) is 7.21. The number of nitrogens with zero attached hydrogens (tertiary/aromatic N) is 3. The topological polar surface area (TPSA) is 55.3 Å². The Morgan fingerprint density at radius 1 is 1.24 bits per heavy atom. The van der Waals surface area contributed by atoms with E-state index in [0.29, 0.717) is 17.2 Å². The van der Waals surface area contributed by atoms with Crippen molar-refractivity contribution in [3.8, 4) is 11.6 Å². The van der Waals surface area contributed by atoms with Gasteiger partial charge in [0.15, 0.2) is 0 Å². The Labute approximate surface area is 174 Å². The van der Waals surface area contributed by atoms with Crippen molar-refractivity contribution >= 4 is 27.8 Å². The molecule has 0 spiro atoms. The predicted octanol–water partition coefficient (Wildman–Crippen LogP) is 5.02. The van der Waals surface area contributed by atoms with Crippen molar-refractivity contribution in [2.45, 2.75) is 45.6 Å². The molecule has 29 heavy (non-hydrogen) atoms. The second-order valence-corrected chi connectivity index (χ2v) is 9.32. The Hall–Kier alpha value is -2.31. The molecule has 0 N–H and O–H groups in total. The van der Waals surface area contributed by atoms with Crippen LogP contribution in [0.4, 0.5) is 0 Å². The Morgan fingerprint density at radius 2 is 2.10 bits per heavy atom. The quantitative estimate of drug-likeness (QED) is 0.556. The smallest absolute Gasteiger partial charge is 0.231 e. The average molecular weight is 408 g/mol. The molecule has 0 bridgehead atoms. The molecule has 0 radical (unpaired) electrons. The molecule has 0 atom stereocenters. The highest BCUT2D eigenvalue weighted by Gasteiger charge is 2.24. The number of rotatable bonds is 5. The number of likely N-dealkylation sites (tertiary alicyclic amines) is 1. The van der Waals surface area contributed by atoms with Gasteiger partial charge in [0.1, 0.15) is 22.7 Å². The highest BCUT2D eigenvalue weighted by Crippen LogP contribution is 2.41. The van der Waals surface area contributed by atoms with Gasteiger partial charge in [0.25, 0.3) is 0 Å². The SMILES string of the molecule is CC1CCN(Cc2nc(Oc3cccc(C=O)c3)c3c4c(sc3n2)CCC4)CC1. The summed E-state index contributed by atoms with van der Waals surface area (Å²) < 4.78 is 6.24. The molecule has 5 nitrogen and oxygen atoms in total. The normalized spacial score (nSPS) is 17.6. The Bertz CT molecular complexity index is 1050. The minimum Gasteiger partial charge on any atom is -0.438 e. The van der Waals surface area contributed by atoms with Crippen LogP contribution in [0.3, 0.4) is 0 Å². The number of benzene rings is 1. The van der Waals surface area contributed by atoms with Crippen LogP contribution in [0.15, 0.2) is 24.3 Å². The van der Waals surface area contributed by atoms with Crippen molar-refractivity contribution in [3.63, 3.8) is 0 Å². The van der Waals surface area contributed by atoms with Crippen molar-refractivity contribution < 1.29 is 9.53 Å². The molecule has 0 amide bonds. The molecule has 1 saturated heterocycles. The molecule has 5 rings (SSSR count). The maximum Gasteiger partial charge on any atom is 0.231 e. The summed E-state index contributed by atoms with van der Waals surface area (Å²) in [5.41, 5.74) is 1.95. The second-order valence-electron chi connectivity index (χ2n) is 8.23. The summed E-state index contributed by atoms with van der Waals surface area (Å²) in [5, 5.41) is 1.06. The van der Waals surface area contributed by atoms with E-state index in [1.54, 1.807) is 23.5 Å². The zero-order valence-electron chi connectivity index (χ0n) is 16.7. The lowest BCUT2D eigenvalue weighted by Crippen LogP contribution is -2.32. The maximum atomic E-state index is 11.1. The fraction of sp³-hybridized carbons (Fsp3) is 0.435. The number of hydrogen-bond donors (Lipinski definition) is 0. The van der Waals surface area contributed by atoms with Gasteiger partial charge in [-0.3, -0.25) is 9.69 Å². The van der Waals surface area contributed by atoms with E-state index in [4.69, 9.17) is 14.7 Å². The second kappa shape index (κ2) is 7.84. The molecule has 3 heterocycles. The molecule has 0 unspecified atom stereocenters. The summed E-state index contributed by atoms with van der Waals surface area (Å²) in [6, 6.07) is 7.25. The van der Waals surface area contributed by atoms with Crippen molar-refractivity contribution in [2.75, 3.05) is 13.1 Å². The van der Waals surface area contributed by atoms with Crippen LogP contribution in [0.25, 0.3) is 10.2 Å². The lowest BCUT2D eigenvalue weighted by molar-refractivity contribution is 0.112. The lowest BCUT2D eigenvalue weighted by Gasteiger charge is -2.29. The first-order valence-corrected chi connectivity index (χ1v) is 11.3. The van der Waals surface area contributed by atoms with Gasteiger partial charge >= 0.3 is 0 Å². The van der Waals surface area contributed by atoms with Crippen LogP contribution < -0.4 is 4.74 Å². The van der Waals surface area contributed by atoms with Crippen molar-refractivity contribution in [2.24, 2.45) is 5.92 Å². The maximum absolute atomic E-state index is 11.1. The molecule has 2 aliphatic rings. The highest BCUT2D eigenvalue weighted by molar-refractivity contribution is 7.19. The molecule has 2 aromatic heterocycles. The summed E-state index contributed by atoms with van der Waals surface area (Å²) in [6.45, 7) is 5.28. The monoisotopic (exact) mass is 407 g/mol. The Balaban J connectivity index is 1.51. The lowest BCUT2D eigenvalue weighted by atomic mass is 9.99. The van der Waals surface area contributed by atoms with Crippen LogP contribution in [0.5, 0.6) is 11.6 Å². The van der Waals surface area contributed by atoms with Gasteiger partial charge in [-0.15, -0.1) is 11.3 Å². The summed E-state index contributed by atoms with van der Waals surface area (Å²) >= 11 is 1.79. The van der Waals surface area contributed by atoms with Crippen LogP contribution in [0.1, 0.15) is 52.8 Å². The molecular formula is C23H25N3O2S. The number of aryl methyl sites for hydroxylation is 2. The molecule has 1 aromatic carbocycles. The van der Waals surface area contributed by atoms with Gasteiger partial charge in [0, 0.05) is 10.4 Å². The number of carbonyl (C=O) groups excluding carboxylic acids is 1. The van der Waals surface area contributed by atoms with Crippen LogP contribution in [-0.4, -0.2) is 34.2 Å². The van der Waals surface area contributed by atoms with Crippen molar-refractivity contribution in [3.05, 3.63) is 46.1 Å². The summed E-state index contributed by atoms with van der Waals surface area (Å²) in [5.74, 6) is 2.91. The number of aldehydes is 1. The van der Waals surface area contributed by atoms with Gasteiger partial charge in [-0.1, -0.05) is 19.1 Å². The van der Waals surface area contributed by atoms with Crippen LogP contribution in [0.2, 0.25) is 0 Å². The Morgan fingerprint density at radius 3 is 2.93 bits per heavy atom. The number of fused-ring (bicyclic) bond motifs is 3. The molecule has 6 heteroatoms. The van der Waals surface area contributed by atoms with Gasteiger partial charge in [0.2, 0.25) is 5.88 Å². The van der Waals surface area contributed by atoms with Crippen molar-refractivity contribution in [1.29, 1.82) is 0 Å². The molecule has 1 aliphatic carbocycles. The van der Waals surface area contributed by atoms with Gasteiger partial charge in [0.05, 0.1) is 11.9 Å². The van der Waals surface area contributed by atoms with E-state index in [0.717, 1.165) is 60.7 Å². The Kier molecular flexibility index (Phi) is 5.06. The van der Waals surface area contributed by atoms with Crippen LogP contribution >= 0.6 is 11.3 Å². The van der Waals surface area contributed by atoms with Gasteiger partial charge in [-0.05, 0) is 68.8 Å². The van der Waals surface area contributed by atoms with Crippen LogP contribution in [0, 0.1) is 5.92 Å². The molecular weight excluding hydrogens is 382 g/mol. The minimum atomic E-state index is 0.603. The van der Waals surface area contributed by atoms with E-state index in [2.05, 4.69) is 11.8 Å². The first-order valence-electron chi connectivity index (χ1n) is 10.5. The molecule has 1 fully saturated rings. The van der Waals surface area contributed by atoms with Gasteiger partial charge in [-0.25, -0.2) is 4.98 Å². The molecule has 1 aliphatic heterocycles. The number of ether oxygens (including phenoxy) is 1. The zero-order valence-corrected chi connectivity index (χ0v) is 17.5. The van der Waals surface area contributed by atoms with E-state index in [9.17, 15) is 4.79 Å². The fourth-order valence-electron chi connectivity index (χ4n) is 4.33. The largest absolute Gasteiger partial charge is 0.438 e. The summed E-state index contributed by atoms with van der Waals surface area (Å²) in [4.78, 5) is 25.8. The number of aromatic nitrogens is 2. The van der Waals surface area contributed by atoms with Crippen molar-refractivity contribution in [1.82, 2.24) is 14.9 Å². The third-order valence-electron chi connectivity index (χ3n) is 6.03. The van der Waals surface area contributed by atoms with E-state index >= 15 is 0 Å². The fourth-order valence-corrected chi connectivity index (χ4v) is 5.60. The molecule has 3 aromatic rings. The minimum absolute atomic E-state index is 0.603. The highest BCUT2D eigenvalue weighted by atomic mass is 32.1. The van der Waals surface area contributed by atoms with E-state index in [1.165, 1.54) is 29.7 Å². The van der Waals surface area contributed by atoms with Gasteiger partial charge < -0.3 is 4.74 Å².